The summed E-state index contributed by atoms with van der Waals surface area (Å²) in [6, 6.07) is 0. The second-order valence-corrected chi connectivity index (χ2v) is 4.78. The number of H-pyrrole nitrogens is 1. The van der Waals surface area contributed by atoms with Crippen LogP contribution in [0.15, 0.2) is 14.1 Å². The fraction of sp³-hybridized carbons (Fsp3) is 0.308. The lowest BCUT2D eigenvalue weighted by Crippen LogP contribution is -2.35. The van der Waals surface area contributed by atoms with E-state index >= 15 is 0 Å². The topological polar surface area (TPSA) is 150 Å². The van der Waals surface area contributed by atoms with Gasteiger partial charge >= 0.3 is 11.7 Å². The Labute approximate surface area is 128 Å². The lowest BCUT2D eigenvalue weighted by molar-refractivity contribution is 0.0472. The zero-order valence-electron chi connectivity index (χ0n) is 12.6. The fourth-order valence-electron chi connectivity index (χ4n) is 1.96. The Bertz CT molecular complexity index is 885. The first-order valence-electron chi connectivity index (χ1n) is 6.46. The van der Waals surface area contributed by atoms with Gasteiger partial charge in [0.05, 0.1) is 5.69 Å². The van der Waals surface area contributed by atoms with E-state index in [1.54, 1.807) is 6.92 Å². The summed E-state index contributed by atoms with van der Waals surface area (Å²) in [7, 11) is 1.29. The number of nitrogens with zero attached hydrogens (tertiary/aromatic N) is 2. The van der Waals surface area contributed by atoms with Gasteiger partial charge in [-0.25, -0.2) is 9.59 Å². The first kappa shape index (κ1) is 16.2. The molecule has 0 aliphatic rings. The first-order chi connectivity index (χ1) is 10.7. The maximum Gasteiger partial charge on any atom is 0.344 e. The number of carbonyl (C=O) groups is 2. The van der Waals surface area contributed by atoms with Crippen molar-refractivity contribution < 1.29 is 18.8 Å². The molecule has 0 spiro atoms. The number of Topliss-reactive ketones (excluding diaryl/α,β-unsaturated/α-hetero) is 1. The summed E-state index contributed by atoms with van der Waals surface area (Å²) in [4.78, 5) is 49.0. The predicted molar refractivity (Wildman–Crippen MR) is 77.3 cm³/mol. The van der Waals surface area contributed by atoms with Gasteiger partial charge in [0, 0.05) is 7.05 Å². The van der Waals surface area contributed by atoms with Gasteiger partial charge in [-0.1, -0.05) is 5.16 Å². The number of ether oxygens (including phenoxy) is 1. The zero-order valence-corrected chi connectivity index (χ0v) is 12.6. The van der Waals surface area contributed by atoms with Crippen molar-refractivity contribution in [1.29, 1.82) is 0 Å². The van der Waals surface area contributed by atoms with E-state index in [0.717, 1.165) is 4.57 Å². The van der Waals surface area contributed by atoms with E-state index in [-0.39, 0.29) is 17.1 Å². The maximum absolute atomic E-state index is 12.1. The van der Waals surface area contributed by atoms with Gasteiger partial charge in [-0.3, -0.25) is 19.1 Å². The molecule has 23 heavy (non-hydrogen) atoms. The van der Waals surface area contributed by atoms with E-state index < -0.39 is 35.2 Å². The highest BCUT2D eigenvalue weighted by Crippen LogP contribution is 2.14. The summed E-state index contributed by atoms with van der Waals surface area (Å²) in [6.07, 6.45) is 0. The lowest BCUT2D eigenvalue weighted by Gasteiger charge is -2.08. The number of nitrogen functional groups attached to an aromatic ring is 1. The van der Waals surface area contributed by atoms with E-state index in [4.69, 9.17) is 15.0 Å². The molecule has 3 N–H and O–H groups in total. The molecule has 0 atom stereocenters. The molecule has 122 valence electrons. The van der Waals surface area contributed by atoms with Crippen molar-refractivity contribution in [2.45, 2.75) is 13.8 Å². The third-order valence-corrected chi connectivity index (χ3v) is 3.22. The first-order valence-corrected chi connectivity index (χ1v) is 6.46. The molecule has 0 saturated carbocycles. The fourth-order valence-corrected chi connectivity index (χ4v) is 1.96. The highest BCUT2D eigenvalue weighted by atomic mass is 16.5. The van der Waals surface area contributed by atoms with Gasteiger partial charge in [-0.15, -0.1) is 0 Å². The summed E-state index contributed by atoms with van der Waals surface area (Å²) in [5, 5.41) is 3.60. The average molecular weight is 322 g/mol. The molecule has 0 unspecified atom stereocenters. The van der Waals surface area contributed by atoms with Crippen LogP contribution in [0.5, 0.6) is 0 Å². The number of aromatic nitrogens is 3. The summed E-state index contributed by atoms with van der Waals surface area (Å²) in [5.41, 5.74) is 3.88. The summed E-state index contributed by atoms with van der Waals surface area (Å²) < 4.78 is 10.6. The van der Waals surface area contributed by atoms with E-state index in [1.165, 1.54) is 14.0 Å². The molecule has 10 nitrogen and oxygen atoms in total. The molecule has 0 aliphatic heterocycles. The van der Waals surface area contributed by atoms with Crippen LogP contribution < -0.4 is 17.0 Å². The number of rotatable bonds is 4. The van der Waals surface area contributed by atoms with Crippen LogP contribution in [-0.2, 0) is 11.8 Å². The van der Waals surface area contributed by atoms with Gasteiger partial charge in [0.1, 0.15) is 22.7 Å². The van der Waals surface area contributed by atoms with Gasteiger partial charge in [0.2, 0.25) is 5.78 Å². The Hall–Kier alpha value is -3.17. The summed E-state index contributed by atoms with van der Waals surface area (Å²) in [5.74, 6) is -1.70. The van der Waals surface area contributed by atoms with Crippen LogP contribution in [0.1, 0.15) is 32.2 Å². The summed E-state index contributed by atoms with van der Waals surface area (Å²) >= 11 is 0. The number of hydrogen-bond donors (Lipinski definition) is 2. The van der Waals surface area contributed by atoms with E-state index in [1.807, 2.05) is 4.98 Å². The molecular weight excluding hydrogens is 308 g/mol. The second-order valence-electron chi connectivity index (χ2n) is 4.78. The van der Waals surface area contributed by atoms with Gasteiger partial charge < -0.3 is 15.0 Å². The monoisotopic (exact) mass is 322 g/mol. The number of ketones is 1. The van der Waals surface area contributed by atoms with Gasteiger partial charge in [0.15, 0.2) is 6.61 Å². The molecule has 0 saturated heterocycles. The smallest absolute Gasteiger partial charge is 0.344 e. The Kier molecular flexibility index (Phi) is 4.16. The minimum Gasteiger partial charge on any atom is -0.454 e. The molecule has 0 radical (unpaired) electrons. The number of aromatic amines is 1. The SMILES string of the molecule is Cc1noc(C)c1C(=O)OCC(=O)c1c(N)n(C)c(=O)[nH]c1=O. The maximum atomic E-state index is 12.1. The third kappa shape index (κ3) is 2.91. The van der Waals surface area contributed by atoms with E-state index in [9.17, 15) is 19.2 Å². The van der Waals surface area contributed by atoms with Crippen molar-refractivity contribution in [2.75, 3.05) is 12.3 Å². The van der Waals surface area contributed by atoms with Crippen molar-refractivity contribution in [1.82, 2.24) is 14.7 Å². The Balaban J connectivity index is 2.22. The number of carbonyl (C=O) groups excluding carboxylic acids is 2. The highest BCUT2D eigenvalue weighted by molar-refractivity contribution is 6.02. The molecule has 2 rings (SSSR count). The number of esters is 1. The standard InChI is InChI=1S/C13H14N4O6/c1-5-8(6(2)23-16-5)12(20)22-4-7(18)9-10(14)17(3)13(21)15-11(9)19/h4,14H2,1-3H3,(H,15,19,21). The van der Waals surface area contributed by atoms with Crippen molar-refractivity contribution >= 4 is 17.6 Å². The van der Waals surface area contributed by atoms with Crippen LogP contribution in [0.25, 0.3) is 0 Å². The molecule has 0 aromatic carbocycles. The number of nitrogens with two attached hydrogens (primary N) is 1. The average Bonchev–Trinajstić information content (AvgIpc) is 2.81. The molecule has 0 aliphatic carbocycles. The molecule has 2 aromatic heterocycles. The van der Waals surface area contributed by atoms with Crippen LogP contribution in [0.3, 0.4) is 0 Å². The normalized spacial score (nSPS) is 10.6. The Morgan fingerprint density at radius 1 is 1.30 bits per heavy atom. The van der Waals surface area contributed by atoms with Crippen LogP contribution in [0, 0.1) is 13.8 Å². The highest BCUT2D eigenvalue weighted by Gasteiger charge is 2.23. The minimum atomic E-state index is -0.941. The quantitative estimate of drug-likeness (QED) is 0.554. The second kappa shape index (κ2) is 5.91. The van der Waals surface area contributed by atoms with Gasteiger partial charge in [-0.2, -0.15) is 0 Å². The van der Waals surface area contributed by atoms with Crippen LogP contribution >= 0.6 is 0 Å². The predicted octanol–water partition coefficient (Wildman–Crippen LogP) is -0.700. The minimum absolute atomic E-state index is 0.111. The van der Waals surface area contributed by atoms with Crippen molar-refractivity contribution in [3.05, 3.63) is 43.4 Å². The molecule has 2 heterocycles. The molecule has 0 fully saturated rings. The van der Waals surface area contributed by atoms with Gasteiger partial charge in [-0.05, 0) is 13.8 Å². The van der Waals surface area contributed by atoms with Crippen LogP contribution in [0.2, 0.25) is 0 Å². The molecular formula is C13H14N4O6. The Morgan fingerprint density at radius 3 is 2.52 bits per heavy atom. The number of aryl methyl sites for hydroxylation is 2. The number of anilines is 1. The van der Waals surface area contributed by atoms with Crippen molar-refractivity contribution in [3.63, 3.8) is 0 Å². The van der Waals surface area contributed by atoms with Gasteiger partial charge in [0.25, 0.3) is 5.56 Å². The van der Waals surface area contributed by atoms with E-state index in [2.05, 4.69) is 5.16 Å². The molecule has 2 aromatic rings. The van der Waals surface area contributed by atoms with Crippen molar-refractivity contribution in [3.8, 4) is 0 Å². The number of nitrogens with one attached hydrogen (secondary N) is 1. The molecule has 0 amide bonds. The Morgan fingerprint density at radius 2 is 1.96 bits per heavy atom. The van der Waals surface area contributed by atoms with Crippen LogP contribution in [-0.4, -0.2) is 33.1 Å². The van der Waals surface area contributed by atoms with Crippen molar-refractivity contribution in [2.24, 2.45) is 7.05 Å². The van der Waals surface area contributed by atoms with E-state index in [0.29, 0.717) is 5.69 Å². The lowest BCUT2D eigenvalue weighted by atomic mass is 10.2. The third-order valence-electron chi connectivity index (χ3n) is 3.22. The summed E-state index contributed by atoms with van der Waals surface area (Å²) in [6.45, 7) is 2.35. The molecule has 10 heteroatoms. The number of hydrogen-bond acceptors (Lipinski definition) is 8. The van der Waals surface area contributed by atoms with Crippen LogP contribution in [0.4, 0.5) is 5.82 Å². The molecule has 0 bridgehead atoms. The largest absolute Gasteiger partial charge is 0.454 e. The zero-order chi connectivity index (χ0) is 17.3.